The molecule has 4 heteroatoms. The summed E-state index contributed by atoms with van der Waals surface area (Å²) >= 11 is 1.50. The van der Waals surface area contributed by atoms with Gasteiger partial charge in [0.15, 0.2) is 0 Å². The summed E-state index contributed by atoms with van der Waals surface area (Å²) in [5, 5.41) is 0. The summed E-state index contributed by atoms with van der Waals surface area (Å²) in [4.78, 5) is 2.29. The lowest BCUT2D eigenvalue weighted by Gasteiger charge is -2.29. The Bertz CT molecular complexity index is 347. The van der Waals surface area contributed by atoms with Gasteiger partial charge in [-0.25, -0.2) is 0 Å². The standard InChI is InChI=1S/C12H16N2OS/c1-16-13-12(11-5-3-2-4-6-11)14-7-9-15-10-8-14/h2-6H,7-10H2,1H3/b13-12+. The van der Waals surface area contributed by atoms with Crippen molar-refractivity contribution in [2.45, 2.75) is 0 Å². The minimum absolute atomic E-state index is 0.792. The number of rotatable bonds is 2. The Labute approximate surface area is 101 Å². The van der Waals surface area contributed by atoms with Gasteiger partial charge in [-0.15, -0.1) is 0 Å². The fraction of sp³-hybridized carbons (Fsp3) is 0.417. The van der Waals surface area contributed by atoms with Crippen molar-refractivity contribution in [3.63, 3.8) is 0 Å². The van der Waals surface area contributed by atoms with Gasteiger partial charge in [-0.3, -0.25) is 0 Å². The second kappa shape index (κ2) is 5.92. The third-order valence-corrected chi connectivity index (χ3v) is 2.88. The molecule has 0 radical (unpaired) electrons. The Balaban J connectivity index is 2.20. The molecule has 0 aromatic heterocycles. The van der Waals surface area contributed by atoms with Crippen LogP contribution in [0.3, 0.4) is 0 Å². The SMILES string of the molecule is CS/N=C(\c1ccccc1)N1CCOCC1. The molecule has 0 aliphatic carbocycles. The molecule has 0 saturated carbocycles. The van der Waals surface area contributed by atoms with Crippen LogP contribution in [-0.2, 0) is 4.74 Å². The van der Waals surface area contributed by atoms with Crippen LogP contribution in [0.5, 0.6) is 0 Å². The van der Waals surface area contributed by atoms with E-state index in [-0.39, 0.29) is 0 Å². The van der Waals surface area contributed by atoms with Crippen LogP contribution in [0.25, 0.3) is 0 Å². The van der Waals surface area contributed by atoms with Crippen molar-refractivity contribution in [2.24, 2.45) is 4.40 Å². The Kier molecular flexibility index (Phi) is 4.25. The summed E-state index contributed by atoms with van der Waals surface area (Å²) in [6.07, 6.45) is 1.99. The Hall–Kier alpha value is -1.00. The first-order valence-corrected chi connectivity index (χ1v) is 6.59. The molecule has 1 saturated heterocycles. The quantitative estimate of drug-likeness (QED) is 0.446. The number of ether oxygens (including phenoxy) is 1. The van der Waals surface area contributed by atoms with E-state index in [0.29, 0.717) is 0 Å². The van der Waals surface area contributed by atoms with Crippen molar-refractivity contribution in [1.82, 2.24) is 4.90 Å². The van der Waals surface area contributed by atoms with E-state index in [1.165, 1.54) is 17.5 Å². The van der Waals surface area contributed by atoms with Gasteiger partial charge in [-0.1, -0.05) is 30.3 Å². The lowest BCUT2D eigenvalue weighted by molar-refractivity contribution is 0.0684. The average molecular weight is 236 g/mol. The zero-order valence-electron chi connectivity index (χ0n) is 9.43. The molecular weight excluding hydrogens is 220 g/mol. The first-order valence-electron chi connectivity index (χ1n) is 5.41. The second-order valence-electron chi connectivity index (χ2n) is 3.56. The van der Waals surface area contributed by atoms with E-state index in [9.17, 15) is 0 Å². The van der Waals surface area contributed by atoms with Crippen LogP contribution >= 0.6 is 11.9 Å². The molecule has 2 rings (SSSR count). The zero-order chi connectivity index (χ0) is 11.2. The highest BCUT2D eigenvalue weighted by molar-refractivity contribution is 7.97. The average Bonchev–Trinajstić information content (AvgIpc) is 2.38. The number of hydrogen-bond acceptors (Lipinski definition) is 3. The lowest BCUT2D eigenvalue weighted by atomic mass is 10.2. The van der Waals surface area contributed by atoms with Gasteiger partial charge in [0.1, 0.15) is 5.84 Å². The summed E-state index contributed by atoms with van der Waals surface area (Å²) in [7, 11) is 0. The van der Waals surface area contributed by atoms with E-state index in [4.69, 9.17) is 4.74 Å². The molecule has 0 amide bonds. The molecule has 1 aromatic rings. The van der Waals surface area contributed by atoms with Crippen LogP contribution in [0.1, 0.15) is 5.56 Å². The predicted octanol–water partition coefficient (Wildman–Crippen LogP) is 2.04. The monoisotopic (exact) mass is 236 g/mol. The maximum absolute atomic E-state index is 5.36. The molecule has 0 atom stereocenters. The molecule has 1 aliphatic heterocycles. The van der Waals surface area contributed by atoms with Gasteiger partial charge in [0.25, 0.3) is 0 Å². The van der Waals surface area contributed by atoms with Gasteiger partial charge in [-0.2, -0.15) is 4.40 Å². The summed E-state index contributed by atoms with van der Waals surface area (Å²) < 4.78 is 9.88. The van der Waals surface area contributed by atoms with E-state index >= 15 is 0 Å². The first kappa shape index (κ1) is 11.5. The Morgan fingerprint density at radius 1 is 1.25 bits per heavy atom. The zero-order valence-corrected chi connectivity index (χ0v) is 10.2. The Morgan fingerprint density at radius 3 is 2.56 bits per heavy atom. The Morgan fingerprint density at radius 2 is 1.94 bits per heavy atom. The van der Waals surface area contributed by atoms with E-state index in [2.05, 4.69) is 21.4 Å². The van der Waals surface area contributed by atoms with Crippen molar-refractivity contribution >= 4 is 17.8 Å². The van der Waals surface area contributed by atoms with Crippen LogP contribution in [0, 0.1) is 0 Å². The third-order valence-electron chi connectivity index (χ3n) is 2.52. The van der Waals surface area contributed by atoms with Crippen LogP contribution in [0.15, 0.2) is 34.7 Å². The maximum Gasteiger partial charge on any atom is 0.144 e. The highest BCUT2D eigenvalue weighted by Crippen LogP contribution is 2.11. The van der Waals surface area contributed by atoms with E-state index in [1.54, 1.807) is 0 Å². The number of nitrogens with zero attached hydrogens (tertiary/aromatic N) is 2. The van der Waals surface area contributed by atoms with Crippen LogP contribution in [0.2, 0.25) is 0 Å². The van der Waals surface area contributed by atoms with Gasteiger partial charge < -0.3 is 9.64 Å². The molecule has 1 aromatic carbocycles. The molecule has 0 spiro atoms. The van der Waals surface area contributed by atoms with Gasteiger partial charge in [0, 0.05) is 24.9 Å². The molecule has 0 N–H and O–H groups in total. The van der Waals surface area contributed by atoms with E-state index in [0.717, 1.165) is 32.1 Å². The fourth-order valence-electron chi connectivity index (χ4n) is 1.74. The molecule has 1 aliphatic rings. The molecular formula is C12H16N2OS. The summed E-state index contributed by atoms with van der Waals surface area (Å²) in [5.74, 6) is 1.07. The number of benzene rings is 1. The molecule has 86 valence electrons. The summed E-state index contributed by atoms with van der Waals surface area (Å²) in [5.41, 5.74) is 1.18. The van der Waals surface area contributed by atoms with Gasteiger partial charge in [-0.05, 0) is 11.9 Å². The maximum atomic E-state index is 5.36. The van der Waals surface area contributed by atoms with Crippen molar-refractivity contribution in [1.29, 1.82) is 0 Å². The van der Waals surface area contributed by atoms with Crippen LogP contribution in [-0.4, -0.2) is 43.3 Å². The van der Waals surface area contributed by atoms with Crippen molar-refractivity contribution < 1.29 is 4.74 Å². The van der Waals surface area contributed by atoms with Crippen LogP contribution < -0.4 is 0 Å². The molecule has 1 heterocycles. The largest absolute Gasteiger partial charge is 0.378 e. The predicted molar refractivity (Wildman–Crippen MR) is 68.9 cm³/mol. The second-order valence-corrected chi connectivity index (χ2v) is 4.11. The smallest absolute Gasteiger partial charge is 0.144 e. The molecule has 16 heavy (non-hydrogen) atoms. The van der Waals surface area contributed by atoms with Gasteiger partial charge in [0.05, 0.1) is 13.2 Å². The molecule has 0 unspecified atom stereocenters. The minimum atomic E-state index is 0.792. The normalized spacial score (nSPS) is 17.6. The van der Waals surface area contributed by atoms with E-state index < -0.39 is 0 Å². The highest BCUT2D eigenvalue weighted by Gasteiger charge is 2.16. The number of hydrogen-bond donors (Lipinski definition) is 0. The van der Waals surface area contributed by atoms with Gasteiger partial charge >= 0.3 is 0 Å². The molecule has 3 nitrogen and oxygen atoms in total. The fourth-order valence-corrected chi connectivity index (χ4v) is 2.14. The molecule has 1 fully saturated rings. The van der Waals surface area contributed by atoms with Gasteiger partial charge in [0.2, 0.25) is 0 Å². The minimum Gasteiger partial charge on any atom is -0.378 e. The topological polar surface area (TPSA) is 24.8 Å². The lowest BCUT2D eigenvalue weighted by Crippen LogP contribution is -2.41. The van der Waals surface area contributed by atoms with Crippen molar-refractivity contribution in [3.05, 3.63) is 35.9 Å². The van der Waals surface area contributed by atoms with Crippen molar-refractivity contribution in [2.75, 3.05) is 32.6 Å². The molecule has 0 bridgehead atoms. The highest BCUT2D eigenvalue weighted by atomic mass is 32.2. The summed E-state index contributed by atoms with van der Waals surface area (Å²) in [6, 6.07) is 10.3. The third kappa shape index (κ3) is 2.77. The van der Waals surface area contributed by atoms with Crippen molar-refractivity contribution in [3.8, 4) is 0 Å². The number of morpholine rings is 1. The van der Waals surface area contributed by atoms with Crippen LogP contribution in [0.4, 0.5) is 0 Å². The number of amidine groups is 1. The summed E-state index contributed by atoms with van der Waals surface area (Å²) in [6.45, 7) is 3.43. The first-order chi connectivity index (χ1) is 7.92. The van der Waals surface area contributed by atoms with E-state index in [1.807, 2.05) is 24.5 Å².